The summed E-state index contributed by atoms with van der Waals surface area (Å²) in [4.78, 5) is 4.70. The van der Waals surface area contributed by atoms with Gasteiger partial charge in [0.05, 0.1) is 19.8 Å². The average Bonchev–Trinajstić information content (AvgIpc) is 2.76. The Bertz CT molecular complexity index is 738. The minimum Gasteiger partial charge on any atom is -0.379 e. The molecule has 2 aromatic rings. The van der Waals surface area contributed by atoms with Crippen LogP contribution in [0.1, 0.15) is 24.5 Å². The molecule has 0 amide bonds. The molecule has 29 heavy (non-hydrogen) atoms. The highest BCUT2D eigenvalue weighted by Crippen LogP contribution is 2.23. The van der Waals surface area contributed by atoms with E-state index in [0.717, 1.165) is 63.9 Å². The third kappa shape index (κ3) is 7.27. The Morgan fingerprint density at radius 2 is 1.76 bits per heavy atom. The second-order valence-electron chi connectivity index (χ2n) is 7.09. The molecule has 1 saturated heterocycles. The molecule has 0 unspecified atom stereocenters. The van der Waals surface area contributed by atoms with E-state index in [1.807, 2.05) is 0 Å². The molecule has 0 aromatic heterocycles. The molecule has 158 valence electrons. The third-order valence-electron chi connectivity index (χ3n) is 5.12. The number of aryl methyl sites for hydroxylation is 1. The van der Waals surface area contributed by atoms with Crippen LogP contribution < -0.4 is 10.2 Å². The predicted octanol–water partition coefficient (Wildman–Crippen LogP) is 4.27. The van der Waals surface area contributed by atoms with Crippen LogP contribution >= 0.6 is 24.6 Å². The van der Waals surface area contributed by atoms with Gasteiger partial charge in [-0.3, -0.25) is 4.90 Å². The van der Waals surface area contributed by atoms with Crippen molar-refractivity contribution in [2.24, 2.45) is 0 Å². The van der Waals surface area contributed by atoms with E-state index in [0.29, 0.717) is 0 Å². The maximum Gasteiger partial charge on any atom is 0.173 e. The number of hydrogen-bond donors (Lipinski definition) is 1. The first kappa shape index (κ1) is 23.6. The van der Waals surface area contributed by atoms with Gasteiger partial charge in [-0.15, -0.1) is 12.4 Å². The van der Waals surface area contributed by atoms with Gasteiger partial charge in [0.25, 0.3) is 0 Å². The van der Waals surface area contributed by atoms with Crippen molar-refractivity contribution in [2.75, 3.05) is 44.3 Å². The summed E-state index contributed by atoms with van der Waals surface area (Å²) in [7, 11) is 0. The zero-order valence-corrected chi connectivity index (χ0v) is 18.8. The monoisotopic (exact) mass is 433 g/mol. The molecule has 0 bridgehead atoms. The van der Waals surface area contributed by atoms with Crippen LogP contribution in [0.15, 0.2) is 54.6 Å². The van der Waals surface area contributed by atoms with Crippen molar-refractivity contribution in [3.63, 3.8) is 0 Å². The van der Waals surface area contributed by atoms with Gasteiger partial charge in [0.2, 0.25) is 0 Å². The Morgan fingerprint density at radius 3 is 2.48 bits per heavy atom. The second-order valence-corrected chi connectivity index (χ2v) is 7.48. The van der Waals surface area contributed by atoms with Gasteiger partial charge < -0.3 is 15.0 Å². The lowest BCUT2D eigenvalue weighted by Crippen LogP contribution is -2.42. The summed E-state index contributed by atoms with van der Waals surface area (Å²) in [6.07, 6.45) is 2.07. The van der Waals surface area contributed by atoms with Gasteiger partial charge in [-0.2, -0.15) is 0 Å². The van der Waals surface area contributed by atoms with E-state index < -0.39 is 0 Å². The highest BCUT2D eigenvalue weighted by molar-refractivity contribution is 7.80. The largest absolute Gasteiger partial charge is 0.379 e. The third-order valence-corrected chi connectivity index (χ3v) is 5.49. The van der Waals surface area contributed by atoms with Gasteiger partial charge in [0, 0.05) is 25.3 Å². The first-order chi connectivity index (χ1) is 13.8. The second kappa shape index (κ2) is 12.8. The quantitative estimate of drug-likeness (QED) is 0.495. The smallest absolute Gasteiger partial charge is 0.173 e. The van der Waals surface area contributed by atoms with Crippen molar-refractivity contribution in [3.8, 4) is 0 Å². The van der Waals surface area contributed by atoms with Gasteiger partial charge in [-0.05, 0) is 48.8 Å². The Labute approximate surface area is 186 Å². The molecule has 4 nitrogen and oxygen atoms in total. The van der Waals surface area contributed by atoms with E-state index in [-0.39, 0.29) is 12.4 Å². The maximum absolute atomic E-state index is 5.82. The fourth-order valence-corrected chi connectivity index (χ4v) is 3.79. The van der Waals surface area contributed by atoms with Gasteiger partial charge in [-0.25, -0.2) is 0 Å². The Balaban J connectivity index is 0.00000300. The van der Waals surface area contributed by atoms with Crippen LogP contribution in [0, 0.1) is 0 Å². The van der Waals surface area contributed by atoms with Crippen LogP contribution in [0.25, 0.3) is 0 Å². The Hall–Kier alpha value is -1.66. The van der Waals surface area contributed by atoms with Crippen LogP contribution in [-0.4, -0.2) is 49.4 Å². The van der Waals surface area contributed by atoms with Crippen molar-refractivity contribution < 1.29 is 4.74 Å². The minimum absolute atomic E-state index is 0. The minimum atomic E-state index is 0. The van der Waals surface area contributed by atoms with Crippen LogP contribution in [0.5, 0.6) is 0 Å². The standard InChI is InChI=1S/C23H31N3OS.ClH/c1-2-21-11-6-7-12-22(21)26(19-20-9-4-3-5-10-20)23(28)24-13-8-14-25-15-17-27-18-16-25;/h3-7,9-12H,2,8,13-19H2,1H3,(H,24,28);1H. The number of ether oxygens (including phenoxy) is 1. The number of nitrogens with one attached hydrogen (secondary N) is 1. The summed E-state index contributed by atoms with van der Waals surface area (Å²) in [6, 6.07) is 19.1. The zero-order valence-electron chi connectivity index (χ0n) is 17.2. The summed E-state index contributed by atoms with van der Waals surface area (Å²) in [5, 5.41) is 4.29. The molecular weight excluding hydrogens is 402 g/mol. The average molecular weight is 434 g/mol. The van der Waals surface area contributed by atoms with E-state index >= 15 is 0 Å². The van der Waals surface area contributed by atoms with Crippen molar-refractivity contribution in [2.45, 2.75) is 26.3 Å². The molecule has 0 aliphatic carbocycles. The molecule has 1 aliphatic rings. The number of morpholine rings is 1. The van der Waals surface area contributed by atoms with Crippen molar-refractivity contribution in [1.29, 1.82) is 0 Å². The highest BCUT2D eigenvalue weighted by atomic mass is 35.5. The van der Waals surface area contributed by atoms with Crippen LogP contribution in [0.3, 0.4) is 0 Å². The fourth-order valence-electron chi connectivity index (χ4n) is 3.52. The van der Waals surface area contributed by atoms with Crippen molar-refractivity contribution >= 4 is 35.4 Å². The molecule has 1 heterocycles. The SMILES string of the molecule is CCc1ccccc1N(Cc1ccccc1)C(=S)NCCCN1CCOCC1.Cl. The molecule has 0 spiro atoms. The Kier molecular flexibility index (Phi) is 10.4. The van der Waals surface area contributed by atoms with E-state index in [9.17, 15) is 0 Å². The van der Waals surface area contributed by atoms with Gasteiger partial charge >= 0.3 is 0 Å². The number of para-hydroxylation sites is 1. The fraction of sp³-hybridized carbons (Fsp3) is 0.435. The molecule has 1 N–H and O–H groups in total. The van der Waals surface area contributed by atoms with Crippen LogP contribution in [-0.2, 0) is 17.7 Å². The van der Waals surface area contributed by atoms with E-state index in [4.69, 9.17) is 17.0 Å². The van der Waals surface area contributed by atoms with E-state index in [2.05, 4.69) is 76.6 Å². The van der Waals surface area contributed by atoms with Gasteiger partial charge in [-0.1, -0.05) is 55.5 Å². The summed E-state index contributed by atoms with van der Waals surface area (Å²) >= 11 is 5.82. The first-order valence-electron chi connectivity index (χ1n) is 10.2. The molecular formula is C23H32ClN3OS. The van der Waals surface area contributed by atoms with Gasteiger partial charge in [0.1, 0.15) is 0 Å². The summed E-state index contributed by atoms with van der Waals surface area (Å²) in [5.74, 6) is 0. The lowest BCUT2D eigenvalue weighted by Gasteiger charge is -2.29. The number of hydrogen-bond acceptors (Lipinski definition) is 3. The highest BCUT2D eigenvalue weighted by Gasteiger charge is 2.16. The van der Waals surface area contributed by atoms with Gasteiger partial charge in [0.15, 0.2) is 5.11 Å². The number of benzene rings is 2. The summed E-state index contributed by atoms with van der Waals surface area (Å²) in [6.45, 7) is 8.71. The molecule has 3 rings (SSSR count). The van der Waals surface area contributed by atoms with E-state index in [1.54, 1.807) is 0 Å². The van der Waals surface area contributed by atoms with E-state index in [1.165, 1.54) is 16.8 Å². The topological polar surface area (TPSA) is 27.7 Å². The molecule has 1 aliphatic heterocycles. The Morgan fingerprint density at radius 1 is 1.07 bits per heavy atom. The summed E-state index contributed by atoms with van der Waals surface area (Å²) < 4.78 is 5.42. The molecule has 2 aromatic carbocycles. The number of thiocarbonyl (C=S) groups is 1. The van der Waals surface area contributed by atoms with Crippen LogP contribution in [0.4, 0.5) is 5.69 Å². The first-order valence-corrected chi connectivity index (χ1v) is 10.7. The number of rotatable bonds is 8. The lowest BCUT2D eigenvalue weighted by atomic mass is 10.1. The molecule has 0 radical (unpaired) electrons. The predicted molar refractivity (Wildman–Crippen MR) is 128 cm³/mol. The van der Waals surface area contributed by atoms with Crippen molar-refractivity contribution in [3.05, 3.63) is 65.7 Å². The zero-order chi connectivity index (χ0) is 19.6. The number of nitrogens with zero attached hydrogens (tertiary/aromatic N) is 2. The molecule has 6 heteroatoms. The summed E-state index contributed by atoms with van der Waals surface area (Å²) in [5.41, 5.74) is 3.77. The molecule has 0 saturated carbocycles. The van der Waals surface area contributed by atoms with Crippen molar-refractivity contribution in [1.82, 2.24) is 10.2 Å². The lowest BCUT2D eigenvalue weighted by molar-refractivity contribution is 0.0376. The molecule has 1 fully saturated rings. The number of anilines is 1. The molecule has 0 atom stereocenters. The van der Waals surface area contributed by atoms with Crippen LogP contribution in [0.2, 0.25) is 0 Å². The normalized spacial score (nSPS) is 14.1. The maximum atomic E-state index is 5.82. The number of halogens is 1.